The Morgan fingerprint density at radius 2 is 1.00 bits per heavy atom. The maximum Gasteiger partial charge on any atom is 0.343 e. The van der Waals surface area contributed by atoms with Gasteiger partial charge < -0.3 is 14.2 Å². The normalized spacial score (nSPS) is 11.0. The topological polar surface area (TPSA) is 61.8 Å². The minimum absolute atomic E-state index is 0.256. The van der Waals surface area contributed by atoms with Gasteiger partial charge in [-0.05, 0) is 45.8 Å². The molecule has 0 amide bonds. The predicted octanol–water partition coefficient (Wildman–Crippen LogP) is 7.59. The Morgan fingerprint density at radius 1 is 0.500 bits per heavy atom. The highest BCUT2D eigenvalue weighted by atomic mass is 16.6. The molecule has 5 nitrogen and oxygen atoms in total. The van der Waals surface area contributed by atoms with Gasteiger partial charge in [0, 0.05) is 16.8 Å². The highest BCUT2D eigenvalue weighted by Crippen LogP contribution is 2.42. The molecule has 0 aliphatic heterocycles. The fraction of sp³-hybridized carbons (Fsp3) is 0.0303. The molecule has 6 rings (SSSR count). The highest BCUT2D eigenvalue weighted by molar-refractivity contribution is 6.03. The van der Waals surface area contributed by atoms with Crippen molar-refractivity contribution in [2.24, 2.45) is 0 Å². The van der Waals surface area contributed by atoms with Crippen LogP contribution in [-0.4, -0.2) is 19.0 Å². The molecule has 184 valence electrons. The summed E-state index contributed by atoms with van der Waals surface area (Å²) in [5, 5.41) is 5.15. The van der Waals surface area contributed by atoms with Crippen LogP contribution in [0.25, 0.3) is 32.3 Å². The Bertz CT molecular complexity index is 1850. The molecule has 0 saturated heterocycles. The van der Waals surface area contributed by atoms with Gasteiger partial charge in [-0.25, -0.2) is 9.59 Å². The lowest BCUT2D eigenvalue weighted by atomic mass is 10.1. The molecular formula is C33H22O5. The standard InChI is InChI=1S/C33H22O5/c1-36-30-20-29(37-32(34)25-16-14-21-8-2-4-10-23(21)18-25)27-12-6-7-13-28(27)31(30)38-33(35)26-17-15-22-9-3-5-11-24(22)19-26/h2-20H,1H3. The number of hydrogen-bond acceptors (Lipinski definition) is 5. The second kappa shape index (κ2) is 9.71. The zero-order valence-electron chi connectivity index (χ0n) is 20.5. The van der Waals surface area contributed by atoms with Gasteiger partial charge in [0.25, 0.3) is 0 Å². The first kappa shape index (κ1) is 23.3. The van der Waals surface area contributed by atoms with E-state index in [4.69, 9.17) is 14.2 Å². The summed E-state index contributed by atoms with van der Waals surface area (Å²) in [4.78, 5) is 26.3. The molecule has 0 fully saturated rings. The van der Waals surface area contributed by atoms with E-state index in [-0.39, 0.29) is 11.5 Å². The Hall–Kier alpha value is -5.16. The molecule has 6 aromatic carbocycles. The highest BCUT2D eigenvalue weighted by Gasteiger charge is 2.21. The maximum absolute atomic E-state index is 13.2. The minimum Gasteiger partial charge on any atom is -0.493 e. The van der Waals surface area contributed by atoms with Crippen LogP contribution in [0.3, 0.4) is 0 Å². The van der Waals surface area contributed by atoms with E-state index in [0.29, 0.717) is 27.6 Å². The summed E-state index contributed by atoms with van der Waals surface area (Å²) in [6.07, 6.45) is 0. The van der Waals surface area contributed by atoms with Crippen LogP contribution in [0.15, 0.2) is 115 Å². The number of carbonyl (C=O) groups excluding carboxylic acids is 2. The number of ether oxygens (including phenoxy) is 3. The molecule has 0 aliphatic rings. The van der Waals surface area contributed by atoms with Crippen molar-refractivity contribution in [3.63, 3.8) is 0 Å². The smallest absolute Gasteiger partial charge is 0.343 e. The van der Waals surface area contributed by atoms with Crippen molar-refractivity contribution in [1.82, 2.24) is 0 Å². The van der Waals surface area contributed by atoms with Crippen LogP contribution in [0.2, 0.25) is 0 Å². The van der Waals surface area contributed by atoms with E-state index in [1.807, 2.05) is 78.9 Å². The fourth-order valence-corrected chi connectivity index (χ4v) is 4.58. The van der Waals surface area contributed by atoms with Crippen LogP contribution in [0.5, 0.6) is 17.2 Å². The van der Waals surface area contributed by atoms with Gasteiger partial charge in [0.1, 0.15) is 5.75 Å². The van der Waals surface area contributed by atoms with Crippen molar-refractivity contribution in [1.29, 1.82) is 0 Å². The summed E-state index contributed by atoms with van der Waals surface area (Å²) < 4.78 is 17.3. The summed E-state index contributed by atoms with van der Waals surface area (Å²) in [7, 11) is 1.48. The van der Waals surface area contributed by atoms with Gasteiger partial charge in [0.15, 0.2) is 11.5 Å². The van der Waals surface area contributed by atoms with Crippen LogP contribution in [0.4, 0.5) is 0 Å². The molecule has 0 atom stereocenters. The van der Waals surface area contributed by atoms with Gasteiger partial charge in [-0.1, -0.05) is 84.9 Å². The number of fused-ring (bicyclic) bond motifs is 3. The van der Waals surface area contributed by atoms with Gasteiger partial charge >= 0.3 is 11.9 Å². The summed E-state index contributed by atoms with van der Waals surface area (Å²) >= 11 is 0. The second-order valence-electron chi connectivity index (χ2n) is 8.85. The third kappa shape index (κ3) is 4.31. The van der Waals surface area contributed by atoms with Gasteiger partial charge in [-0.15, -0.1) is 0 Å². The van der Waals surface area contributed by atoms with Crippen molar-refractivity contribution in [2.45, 2.75) is 0 Å². The van der Waals surface area contributed by atoms with Gasteiger partial charge in [0.05, 0.1) is 18.2 Å². The molecule has 6 aromatic rings. The molecule has 0 saturated carbocycles. The zero-order valence-corrected chi connectivity index (χ0v) is 20.5. The Kier molecular flexibility index (Phi) is 5.94. The summed E-state index contributed by atoms with van der Waals surface area (Å²) in [6, 6.07) is 35.3. The summed E-state index contributed by atoms with van der Waals surface area (Å²) in [5.41, 5.74) is 0.847. The Morgan fingerprint density at radius 3 is 1.58 bits per heavy atom. The van der Waals surface area contributed by atoms with Crippen LogP contribution < -0.4 is 14.2 Å². The molecule has 0 radical (unpaired) electrons. The monoisotopic (exact) mass is 498 g/mol. The Labute approximate surface area is 218 Å². The largest absolute Gasteiger partial charge is 0.493 e. The first-order valence-electron chi connectivity index (χ1n) is 12.1. The summed E-state index contributed by atoms with van der Waals surface area (Å²) in [6.45, 7) is 0. The Balaban J connectivity index is 1.35. The van der Waals surface area contributed by atoms with E-state index < -0.39 is 11.9 Å². The van der Waals surface area contributed by atoms with E-state index in [2.05, 4.69) is 0 Å². The minimum atomic E-state index is -0.514. The molecule has 0 aromatic heterocycles. The van der Waals surface area contributed by atoms with Crippen LogP contribution in [-0.2, 0) is 0 Å². The predicted molar refractivity (Wildman–Crippen MR) is 148 cm³/mol. The van der Waals surface area contributed by atoms with E-state index in [9.17, 15) is 9.59 Å². The molecule has 0 heterocycles. The van der Waals surface area contributed by atoms with E-state index in [1.54, 1.807) is 36.4 Å². The maximum atomic E-state index is 13.2. The SMILES string of the molecule is COc1cc(OC(=O)c2ccc3ccccc3c2)c2ccccc2c1OC(=O)c1ccc2ccccc2c1. The van der Waals surface area contributed by atoms with Crippen LogP contribution in [0.1, 0.15) is 20.7 Å². The first-order chi connectivity index (χ1) is 18.6. The molecule has 0 aliphatic carbocycles. The lowest BCUT2D eigenvalue weighted by molar-refractivity contribution is 0.0719. The van der Waals surface area contributed by atoms with Crippen molar-refractivity contribution in [2.75, 3.05) is 7.11 Å². The van der Waals surface area contributed by atoms with Crippen molar-refractivity contribution in [3.8, 4) is 17.2 Å². The van der Waals surface area contributed by atoms with Crippen molar-refractivity contribution < 1.29 is 23.8 Å². The van der Waals surface area contributed by atoms with Gasteiger partial charge in [-0.3, -0.25) is 0 Å². The van der Waals surface area contributed by atoms with E-state index in [1.165, 1.54) is 7.11 Å². The van der Waals surface area contributed by atoms with Crippen LogP contribution in [0, 0.1) is 0 Å². The second-order valence-corrected chi connectivity index (χ2v) is 8.85. The molecule has 5 heteroatoms. The lowest BCUT2D eigenvalue weighted by Gasteiger charge is -2.16. The van der Waals surface area contributed by atoms with E-state index in [0.717, 1.165) is 21.5 Å². The van der Waals surface area contributed by atoms with Gasteiger partial charge in [-0.2, -0.15) is 0 Å². The van der Waals surface area contributed by atoms with E-state index >= 15 is 0 Å². The molecule has 0 spiro atoms. The first-order valence-corrected chi connectivity index (χ1v) is 12.1. The average Bonchev–Trinajstić information content (AvgIpc) is 2.97. The quantitative estimate of drug-likeness (QED) is 0.181. The number of hydrogen-bond donors (Lipinski definition) is 0. The fourth-order valence-electron chi connectivity index (χ4n) is 4.58. The number of rotatable bonds is 5. The molecule has 0 unspecified atom stereocenters. The van der Waals surface area contributed by atoms with Crippen molar-refractivity contribution >= 4 is 44.3 Å². The van der Waals surface area contributed by atoms with Crippen LogP contribution >= 0.6 is 0 Å². The average molecular weight is 499 g/mol. The molecular weight excluding hydrogens is 476 g/mol. The lowest BCUT2D eigenvalue weighted by Crippen LogP contribution is -2.11. The number of methoxy groups -OCH3 is 1. The van der Waals surface area contributed by atoms with Crippen molar-refractivity contribution in [3.05, 3.63) is 126 Å². The zero-order chi connectivity index (χ0) is 26.1. The summed E-state index contributed by atoms with van der Waals surface area (Å²) in [5.74, 6) is -0.170. The molecule has 38 heavy (non-hydrogen) atoms. The number of benzene rings is 6. The third-order valence-electron chi connectivity index (χ3n) is 6.51. The molecule has 0 N–H and O–H groups in total. The molecule has 0 bridgehead atoms. The number of esters is 2. The third-order valence-corrected chi connectivity index (χ3v) is 6.51. The number of carbonyl (C=O) groups is 2. The van der Waals surface area contributed by atoms with Gasteiger partial charge in [0.2, 0.25) is 0 Å².